The second kappa shape index (κ2) is 43.0. The summed E-state index contributed by atoms with van der Waals surface area (Å²) in [6.07, 6.45) is 45.9. The normalized spacial score (nSPS) is 11.7. The van der Waals surface area contributed by atoms with Gasteiger partial charge < -0.3 is 24.8 Å². The first-order chi connectivity index (χ1) is 26.5. The van der Waals surface area contributed by atoms with E-state index in [1.165, 1.54) is 180 Å². The molecule has 0 saturated heterocycles. The molecule has 0 heterocycles. The maximum Gasteiger partial charge on any atom is 0.305 e. The summed E-state index contributed by atoms with van der Waals surface area (Å²) in [6.45, 7) is 2.40. The van der Waals surface area contributed by atoms with E-state index in [4.69, 9.17) is 19.7 Å². The summed E-state index contributed by atoms with van der Waals surface area (Å²) >= 11 is 0. The van der Waals surface area contributed by atoms with Crippen molar-refractivity contribution < 1.29 is 34.4 Å². The molecule has 7 nitrogen and oxygen atoms in total. The average Bonchev–Trinajstić information content (AvgIpc) is 3.18. The van der Waals surface area contributed by atoms with Gasteiger partial charge in [-0.25, -0.2) is 0 Å². The summed E-state index contributed by atoms with van der Waals surface area (Å²) in [4.78, 5) is 24.6. The van der Waals surface area contributed by atoms with Crippen molar-refractivity contribution in [2.24, 2.45) is 5.41 Å². The molecule has 0 aliphatic heterocycles. The molecule has 0 rings (SSSR count). The van der Waals surface area contributed by atoms with Gasteiger partial charge in [-0.1, -0.05) is 212 Å². The first-order valence-corrected chi connectivity index (χ1v) is 23.6. The van der Waals surface area contributed by atoms with Gasteiger partial charge in [0.15, 0.2) is 0 Å². The molecule has 0 aromatic carbocycles. The quantitative estimate of drug-likeness (QED) is 0.0417. The highest BCUT2D eigenvalue weighted by molar-refractivity contribution is 5.69. The Kier molecular flexibility index (Phi) is 42.0. The lowest BCUT2D eigenvalue weighted by molar-refractivity contribution is -0.155. The van der Waals surface area contributed by atoms with Crippen molar-refractivity contribution >= 4 is 11.9 Å². The van der Waals surface area contributed by atoms with Crippen LogP contribution in [0.15, 0.2) is 0 Å². The van der Waals surface area contributed by atoms with E-state index in [-0.39, 0.29) is 31.8 Å². The number of carbonyl (C=O) groups excluding carboxylic acids is 2. The Morgan fingerprint density at radius 3 is 0.704 bits per heavy atom. The summed E-state index contributed by atoms with van der Waals surface area (Å²) in [5.74, 6) is -0.467. The van der Waals surface area contributed by atoms with Gasteiger partial charge in [0.1, 0.15) is 13.2 Å². The lowest BCUT2D eigenvalue weighted by Gasteiger charge is -2.26. The van der Waals surface area contributed by atoms with Crippen LogP contribution in [0.2, 0.25) is 0 Å². The molecule has 7 heteroatoms. The molecule has 0 amide bonds. The minimum absolute atomic E-state index is 0.0645. The van der Waals surface area contributed by atoms with Crippen LogP contribution < -0.4 is 0 Å². The predicted octanol–water partition coefficient (Wildman–Crippen LogP) is 12.9. The van der Waals surface area contributed by atoms with Gasteiger partial charge in [-0.05, 0) is 25.7 Å². The number of hydrogen-bond acceptors (Lipinski definition) is 7. The number of ether oxygens (including phenoxy) is 2. The van der Waals surface area contributed by atoms with Crippen molar-refractivity contribution in [3.63, 3.8) is 0 Å². The number of hydrogen-bond donors (Lipinski definition) is 3. The van der Waals surface area contributed by atoms with Crippen LogP contribution >= 0.6 is 0 Å². The second-order valence-corrected chi connectivity index (χ2v) is 17.0. The lowest BCUT2D eigenvalue weighted by Crippen LogP contribution is -2.35. The number of carbonyl (C=O) groups is 2. The maximum atomic E-state index is 12.3. The van der Waals surface area contributed by atoms with Crippen LogP contribution in [-0.4, -0.2) is 60.3 Å². The molecule has 0 bridgehead atoms. The van der Waals surface area contributed by atoms with Gasteiger partial charge in [-0.2, -0.15) is 0 Å². The van der Waals surface area contributed by atoms with Crippen LogP contribution in [0, 0.1) is 5.41 Å². The highest BCUT2D eigenvalue weighted by Gasteiger charge is 2.28. The van der Waals surface area contributed by atoms with Crippen LogP contribution in [0.5, 0.6) is 0 Å². The molecule has 0 spiro atoms. The number of aliphatic hydroxyl groups excluding tert-OH is 3. The average molecular weight is 769 g/mol. The Morgan fingerprint density at radius 2 is 0.519 bits per heavy atom. The zero-order chi connectivity index (χ0) is 39.5. The minimum Gasteiger partial charge on any atom is -0.465 e. The fraction of sp³-hybridized carbons (Fsp3) is 0.957. The van der Waals surface area contributed by atoms with Crippen molar-refractivity contribution in [2.45, 2.75) is 251 Å². The Hall–Kier alpha value is -1.18. The molecule has 0 aromatic heterocycles. The van der Waals surface area contributed by atoms with Gasteiger partial charge in [0.05, 0.1) is 12.0 Å². The summed E-state index contributed by atoms with van der Waals surface area (Å²) in [6, 6.07) is 0. The maximum absolute atomic E-state index is 12.3. The van der Waals surface area contributed by atoms with Crippen molar-refractivity contribution in [3.8, 4) is 0 Å². The van der Waals surface area contributed by atoms with Crippen molar-refractivity contribution in [1.29, 1.82) is 0 Å². The molecular formula is C47H92O7. The molecular weight excluding hydrogens is 677 g/mol. The summed E-state index contributed by atoms with van der Waals surface area (Å²) in [5, 5.41) is 27.5. The molecule has 0 aliphatic carbocycles. The van der Waals surface area contributed by atoms with Gasteiger partial charge in [-0.3, -0.25) is 9.59 Å². The Labute approximate surface area is 334 Å². The standard InChI is InChI=1S/C47H92O7/c1-47(42-50,43-53-45(51)38-34-30-26-22-18-14-10-6-2-4-8-12-16-20-24-28-32-36-40-48)44-54-46(52)39-35-31-27-23-19-15-11-7-3-5-9-13-17-21-25-29-33-37-41-49/h48-50H,2-44H2,1H3. The highest BCUT2D eigenvalue weighted by atomic mass is 16.5. The SMILES string of the molecule is CC(CO)(COC(=O)CCCCCCCCCCCCCCCCCCCCO)COC(=O)CCCCCCCCCCCCCCCCCCCCO. The molecule has 322 valence electrons. The summed E-state index contributed by atoms with van der Waals surface area (Å²) in [7, 11) is 0. The molecule has 0 atom stereocenters. The number of aliphatic hydroxyl groups is 3. The second-order valence-electron chi connectivity index (χ2n) is 17.0. The first-order valence-electron chi connectivity index (χ1n) is 23.6. The van der Waals surface area contributed by atoms with E-state index in [0.29, 0.717) is 26.1 Å². The first kappa shape index (κ1) is 52.8. The molecule has 54 heavy (non-hydrogen) atoms. The van der Waals surface area contributed by atoms with Crippen molar-refractivity contribution in [3.05, 3.63) is 0 Å². The van der Waals surface area contributed by atoms with Crippen molar-refractivity contribution in [1.82, 2.24) is 0 Å². The highest BCUT2D eigenvalue weighted by Crippen LogP contribution is 2.20. The Morgan fingerprint density at radius 1 is 0.333 bits per heavy atom. The predicted molar refractivity (Wildman–Crippen MR) is 227 cm³/mol. The van der Waals surface area contributed by atoms with Crippen LogP contribution in [-0.2, 0) is 19.1 Å². The lowest BCUT2D eigenvalue weighted by atomic mass is 9.94. The molecule has 3 N–H and O–H groups in total. The van der Waals surface area contributed by atoms with E-state index in [0.717, 1.165) is 51.4 Å². The largest absolute Gasteiger partial charge is 0.465 e. The van der Waals surface area contributed by atoms with E-state index in [2.05, 4.69) is 0 Å². The molecule has 0 unspecified atom stereocenters. The third-order valence-corrected chi connectivity index (χ3v) is 11.1. The molecule has 0 aliphatic rings. The topological polar surface area (TPSA) is 113 Å². The summed E-state index contributed by atoms with van der Waals surface area (Å²) in [5.41, 5.74) is -0.770. The van der Waals surface area contributed by atoms with E-state index < -0.39 is 5.41 Å². The van der Waals surface area contributed by atoms with E-state index in [1.807, 2.05) is 0 Å². The fourth-order valence-electron chi connectivity index (χ4n) is 7.21. The van der Waals surface area contributed by atoms with Crippen LogP contribution in [0.1, 0.15) is 251 Å². The fourth-order valence-corrected chi connectivity index (χ4v) is 7.21. The number of rotatable bonds is 45. The zero-order valence-electron chi connectivity index (χ0n) is 35.9. The third kappa shape index (κ3) is 40.5. The number of esters is 2. The Bertz CT molecular complexity index is 715. The molecule has 0 saturated carbocycles. The molecule has 0 fully saturated rings. The van der Waals surface area contributed by atoms with Gasteiger partial charge in [0.25, 0.3) is 0 Å². The van der Waals surface area contributed by atoms with Gasteiger partial charge in [0, 0.05) is 26.1 Å². The van der Waals surface area contributed by atoms with Gasteiger partial charge >= 0.3 is 11.9 Å². The van der Waals surface area contributed by atoms with E-state index in [9.17, 15) is 14.7 Å². The Balaban J connectivity index is 3.54. The monoisotopic (exact) mass is 769 g/mol. The third-order valence-electron chi connectivity index (χ3n) is 11.1. The van der Waals surface area contributed by atoms with Crippen LogP contribution in [0.25, 0.3) is 0 Å². The minimum atomic E-state index is -0.770. The van der Waals surface area contributed by atoms with Gasteiger partial charge in [0.2, 0.25) is 0 Å². The van der Waals surface area contributed by atoms with Crippen LogP contribution in [0.4, 0.5) is 0 Å². The zero-order valence-corrected chi connectivity index (χ0v) is 35.9. The van der Waals surface area contributed by atoms with Crippen molar-refractivity contribution in [2.75, 3.05) is 33.0 Å². The number of unbranched alkanes of at least 4 members (excludes halogenated alkanes) is 34. The summed E-state index contributed by atoms with van der Waals surface area (Å²) < 4.78 is 10.9. The van der Waals surface area contributed by atoms with Crippen LogP contribution in [0.3, 0.4) is 0 Å². The smallest absolute Gasteiger partial charge is 0.305 e. The molecule has 0 aromatic rings. The van der Waals surface area contributed by atoms with E-state index >= 15 is 0 Å². The van der Waals surface area contributed by atoms with Gasteiger partial charge in [-0.15, -0.1) is 0 Å². The molecule has 0 radical (unpaired) electrons. The van der Waals surface area contributed by atoms with E-state index in [1.54, 1.807) is 6.92 Å².